The number of hydrogen-bond acceptors (Lipinski definition) is 2. The second kappa shape index (κ2) is 7.34. The first kappa shape index (κ1) is 17.7. The third-order valence-corrected chi connectivity index (χ3v) is 3.93. The van der Waals surface area contributed by atoms with Gasteiger partial charge in [0, 0.05) is 18.0 Å². The minimum absolute atomic E-state index is 0.130. The average Bonchev–Trinajstić information content (AvgIpc) is 2.26. The number of nitrogens with zero attached hydrogens (tertiary/aromatic N) is 1. The van der Waals surface area contributed by atoms with Crippen LogP contribution in [0, 0.1) is 0 Å². The molecule has 0 bridgehead atoms. The van der Waals surface area contributed by atoms with Crippen molar-refractivity contribution < 1.29 is 13.2 Å². The summed E-state index contributed by atoms with van der Waals surface area (Å²) in [6.07, 6.45) is -2.98. The van der Waals surface area contributed by atoms with Crippen molar-refractivity contribution in [3.8, 4) is 0 Å². The molecule has 0 radical (unpaired) electrons. The summed E-state index contributed by atoms with van der Waals surface area (Å²) in [5, 5.41) is 3.24. The van der Waals surface area contributed by atoms with E-state index in [-0.39, 0.29) is 18.0 Å². The summed E-state index contributed by atoms with van der Waals surface area (Å²) in [7, 11) is 3.90. The molecule has 2 nitrogen and oxygen atoms in total. The Morgan fingerprint density at radius 3 is 1.83 bits per heavy atom. The highest BCUT2D eigenvalue weighted by molar-refractivity contribution is 4.97. The van der Waals surface area contributed by atoms with Gasteiger partial charge < -0.3 is 10.2 Å². The van der Waals surface area contributed by atoms with Gasteiger partial charge in [-0.15, -0.1) is 0 Å². The van der Waals surface area contributed by atoms with Crippen molar-refractivity contribution in [3.63, 3.8) is 0 Å². The summed E-state index contributed by atoms with van der Waals surface area (Å²) >= 11 is 0. The fourth-order valence-electron chi connectivity index (χ4n) is 2.80. The van der Waals surface area contributed by atoms with E-state index in [9.17, 15) is 13.2 Å². The van der Waals surface area contributed by atoms with E-state index < -0.39 is 12.6 Å². The third kappa shape index (κ3) is 4.76. The largest absolute Gasteiger partial charge is 0.389 e. The number of likely N-dealkylation sites (N-methyl/N-ethyl adjacent to an activating group) is 2. The van der Waals surface area contributed by atoms with E-state index in [1.165, 1.54) is 0 Å². The van der Waals surface area contributed by atoms with Gasteiger partial charge in [0.25, 0.3) is 0 Å². The molecule has 0 aromatic rings. The van der Waals surface area contributed by atoms with Gasteiger partial charge in [0.1, 0.15) is 0 Å². The van der Waals surface area contributed by atoms with Crippen LogP contribution in [0.5, 0.6) is 0 Å². The Bertz CT molecular complexity index is 223. The van der Waals surface area contributed by atoms with Crippen LogP contribution in [0.4, 0.5) is 13.2 Å². The molecule has 0 saturated heterocycles. The van der Waals surface area contributed by atoms with Crippen molar-refractivity contribution >= 4 is 0 Å². The fourth-order valence-corrected chi connectivity index (χ4v) is 2.80. The smallest absolute Gasteiger partial charge is 0.312 e. The minimum Gasteiger partial charge on any atom is -0.312 e. The molecule has 0 aromatic carbocycles. The Kier molecular flexibility index (Phi) is 7.22. The monoisotopic (exact) mass is 268 g/mol. The van der Waals surface area contributed by atoms with E-state index >= 15 is 0 Å². The zero-order valence-electron chi connectivity index (χ0n) is 12.2. The van der Waals surface area contributed by atoms with Gasteiger partial charge in [0.05, 0.1) is 0 Å². The molecule has 5 heteroatoms. The van der Waals surface area contributed by atoms with Crippen LogP contribution >= 0.6 is 0 Å². The van der Waals surface area contributed by atoms with Gasteiger partial charge in [-0.2, -0.15) is 13.2 Å². The number of rotatable bonds is 8. The highest BCUT2D eigenvalue weighted by Gasteiger charge is 2.39. The van der Waals surface area contributed by atoms with Crippen LogP contribution in [0.2, 0.25) is 0 Å². The molecule has 0 aliphatic heterocycles. The zero-order chi connectivity index (χ0) is 14.4. The maximum absolute atomic E-state index is 12.4. The first-order chi connectivity index (χ1) is 8.23. The molecule has 0 saturated carbocycles. The van der Waals surface area contributed by atoms with E-state index in [0.717, 1.165) is 12.8 Å². The molecular weight excluding hydrogens is 241 g/mol. The molecule has 0 aliphatic rings. The molecule has 1 unspecified atom stereocenters. The standard InChI is InChI=1S/C13H27F3N2/c1-6-12(7-2,18(4)5)11(17-8-3)9-10-13(14,15)16/h11,17H,6-10H2,1-5H3. The van der Waals surface area contributed by atoms with Gasteiger partial charge >= 0.3 is 6.18 Å². The topological polar surface area (TPSA) is 15.3 Å². The zero-order valence-corrected chi connectivity index (χ0v) is 12.2. The van der Waals surface area contributed by atoms with E-state index in [0.29, 0.717) is 6.54 Å². The molecule has 0 aromatic heterocycles. The molecule has 0 fully saturated rings. The van der Waals surface area contributed by atoms with Gasteiger partial charge in [-0.25, -0.2) is 0 Å². The van der Waals surface area contributed by atoms with Crippen LogP contribution in [-0.4, -0.2) is 43.3 Å². The summed E-state index contributed by atoms with van der Waals surface area (Å²) in [5.74, 6) is 0. The highest BCUT2D eigenvalue weighted by atomic mass is 19.4. The van der Waals surface area contributed by atoms with Crippen molar-refractivity contribution in [2.45, 2.75) is 64.2 Å². The van der Waals surface area contributed by atoms with Crippen molar-refractivity contribution in [2.75, 3.05) is 20.6 Å². The summed E-state index contributed by atoms with van der Waals surface area (Å²) in [6.45, 7) is 6.72. The molecule has 0 amide bonds. The van der Waals surface area contributed by atoms with E-state index in [1.807, 2.05) is 34.9 Å². The van der Waals surface area contributed by atoms with Gasteiger partial charge in [0.2, 0.25) is 0 Å². The van der Waals surface area contributed by atoms with E-state index in [4.69, 9.17) is 0 Å². The SMILES string of the molecule is CCNC(CCC(F)(F)F)C(CC)(CC)N(C)C. The number of nitrogens with one attached hydrogen (secondary N) is 1. The lowest BCUT2D eigenvalue weighted by Gasteiger charge is -2.45. The molecule has 0 aliphatic carbocycles. The van der Waals surface area contributed by atoms with Crippen LogP contribution in [0.3, 0.4) is 0 Å². The number of halogens is 3. The molecule has 1 atom stereocenters. The Morgan fingerprint density at radius 1 is 1.06 bits per heavy atom. The molecule has 0 spiro atoms. The third-order valence-electron chi connectivity index (χ3n) is 3.93. The fraction of sp³-hybridized carbons (Fsp3) is 1.00. The Hall–Kier alpha value is -0.290. The van der Waals surface area contributed by atoms with Crippen LogP contribution < -0.4 is 5.32 Å². The minimum atomic E-state index is -4.08. The summed E-state index contributed by atoms with van der Waals surface area (Å²) < 4.78 is 37.2. The quantitative estimate of drug-likeness (QED) is 0.725. The van der Waals surface area contributed by atoms with Crippen molar-refractivity contribution in [1.82, 2.24) is 10.2 Å². The van der Waals surface area contributed by atoms with Crippen molar-refractivity contribution in [3.05, 3.63) is 0 Å². The lowest BCUT2D eigenvalue weighted by atomic mass is 9.81. The molecule has 1 N–H and O–H groups in total. The molecular formula is C13H27F3N2. The average molecular weight is 268 g/mol. The van der Waals surface area contributed by atoms with Crippen LogP contribution in [0.15, 0.2) is 0 Å². The lowest BCUT2D eigenvalue weighted by Crippen LogP contribution is -2.58. The summed E-state index contributed by atoms with van der Waals surface area (Å²) in [6, 6.07) is -0.130. The van der Waals surface area contributed by atoms with Gasteiger partial charge in [-0.05, 0) is 39.9 Å². The molecule has 0 rings (SSSR count). The second-order valence-corrected chi connectivity index (χ2v) is 4.97. The summed E-state index contributed by atoms with van der Waals surface area (Å²) in [5.41, 5.74) is -0.207. The van der Waals surface area contributed by atoms with Gasteiger partial charge in [-0.3, -0.25) is 0 Å². The van der Waals surface area contributed by atoms with E-state index in [2.05, 4.69) is 10.2 Å². The first-order valence-electron chi connectivity index (χ1n) is 6.71. The van der Waals surface area contributed by atoms with Gasteiger partial charge in [-0.1, -0.05) is 20.8 Å². The maximum Gasteiger partial charge on any atom is 0.389 e. The Labute approximate surface area is 109 Å². The Balaban J connectivity index is 4.92. The highest BCUT2D eigenvalue weighted by Crippen LogP contribution is 2.31. The van der Waals surface area contributed by atoms with Crippen molar-refractivity contribution in [2.24, 2.45) is 0 Å². The summed E-state index contributed by atoms with van der Waals surface area (Å²) in [4.78, 5) is 2.07. The predicted molar refractivity (Wildman–Crippen MR) is 69.8 cm³/mol. The predicted octanol–water partition coefficient (Wildman–Crippen LogP) is 3.43. The second-order valence-electron chi connectivity index (χ2n) is 4.97. The number of hydrogen-bond donors (Lipinski definition) is 1. The van der Waals surface area contributed by atoms with Crippen LogP contribution in [-0.2, 0) is 0 Å². The number of alkyl halides is 3. The maximum atomic E-state index is 12.4. The van der Waals surface area contributed by atoms with Crippen LogP contribution in [0.25, 0.3) is 0 Å². The van der Waals surface area contributed by atoms with Crippen LogP contribution in [0.1, 0.15) is 46.5 Å². The molecule has 0 heterocycles. The molecule has 18 heavy (non-hydrogen) atoms. The van der Waals surface area contributed by atoms with E-state index in [1.54, 1.807) is 0 Å². The molecule has 110 valence electrons. The van der Waals surface area contributed by atoms with Gasteiger partial charge in [0.15, 0.2) is 0 Å². The first-order valence-corrected chi connectivity index (χ1v) is 6.71. The normalized spacial score (nSPS) is 15.2. The van der Waals surface area contributed by atoms with Crippen molar-refractivity contribution in [1.29, 1.82) is 0 Å². The Morgan fingerprint density at radius 2 is 1.56 bits per heavy atom. The lowest BCUT2D eigenvalue weighted by molar-refractivity contribution is -0.138.